The molecule has 0 aliphatic heterocycles. The van der Waals surface area contributed by atoms with Crippen LogP contribution in [0.4, 0.5) is 8.78 Å². The minimum atomic E-state index is -2.33. The van der Waals surface area contributed by atoms with E-state index in [1.807, 2.05) is 0 Å². The molecule has 1 N–H and O–H groups in total. The van der Waals surface area contributed by atoms with E-state index >= 15 is 0 Å². The zero-order chi connectivity index (χ0) is 3.58. The van der Waals surface area contributed by atoms with Crippen LogP contribution in [0.3, 0.4) is 0 Å². The third kappa shape index (κ3) is 118. The summed E-state index contributed by atoms with van der Waals surface area (Å²) >= 11 is 0. The molecule has 0 spiro atoms. The minimum absolute atomic E-state index is 0. The molecule has 0 aromatic heterocycles. The second-order valence-corrected chi connectivity index (χ2v) is 0.260. The Balaban J connectivity index is 0. The average molecular weight is 74.0 g/mol. The summed E-state index contributed by atoms with van der Waals surface area (Å²) in [5.41, 5.74) is 0. The van der Waals surface area contributed by atoms with Crippen molar-refractivity contribution >= 4 is 16.3 Å². The average Bonchev–Trinajstić information content (AvgIpc) is 0.811. The van der Waals surface area contributed by atoms with Gasteiger partial charge in [0, 0.05) is 10.1 Å². The molecule has 0 saturated heterocycles. The van der Waals surface area contributed by atoms with E-state index in [1.54, 1.807) is 0 Å². The van der Waals surface area contributed by atoms with E-state index in [0.717, 1.165) is 0 Å². The maximum atomic E-state index is 9.92. The molecule has 0 unspecified atom stereocenters. The molecule has 2 radical (unpaired) electrons. The second-order valence-electron chi connectivity index (χ2n) is 0.260. The third-order valence-electron chi connectivity index (χ3n) is 0. The molecule has 0 fully saturated rings. The van der Waals surface area contributed by atoms with Crippen LogP contribution in [0.15, 0.2) is 0 Å². The van der Waals surface area contributed by atoms with Crippen molar-refractivity contribution in [2.45, 2.75) is 0 Å². The van der Waals surface area contributed by atoms with Gasteiger partial charge < -0.3 is 0 Å². The monoisotopic (exact) mass is 74.0 g/mol. The van der Waals surface area contributed by atoms with Gasteiger partial charge in [-0.3, -0.25) is 0 Å². The van der Waals surface area contributed by atoms with E-state index in [9.17, 15) is 8.78 Å². The van der Waals surface area contributed by atoms with Gasteiger partial charge in [0.2, 0.25) is 0 Å². The van der Waals surface area contributed by atoms with Crippen LogP contribution in [0.5, 0.6) is 0 Å². The van der Waals surface area contributed by atoms with Crippen LogP contribution >= 0.6 is 0 Å². The SMILES string of the molecule is N=C(F)F.[Be]. The van der Waals surface area contributed by atoms with Crippen LogP contribution in [0.2, 0.25) is 0 Å². The van der Waals surface area contributed by atoms with Gasteiger partial charge in [0.05, 0.1) is 0 Å². The van der Waals surface area contributed by atoms with Crippen LogP contribution in [0.25, 0.3) is 0 Å². The standard InChI is InChI=1S/CHF2N.Be/c2-1(3)4;/h4H;. The van der Waals surface area contributed by atoms with E-state index in [1.165, 1.54) is 0 Å². The van der Waals surface area contributed by atoms with Gasteiger partial charge in [-0.25, -0.2) is 5.41 Å². The largest absolute Gasteiger partial charge is 0.357 e. The van der Waals surface area contributed by atoms with Crippen LogP contribution in [0, 0.1) is 5.41 Å². The normalized spacial score (nSPS) is 5.20. The molecule has 0 atom stereocenters. The second kappa shape index (κ2) is 3.70. The first-order valence-electron chi connectivity index (χ1n) is 0.628. The van der Waals surface area contributed by atoms with Gasteiger partial charge in [0.15, 0.2) is 0 Å². The van der Waals surface area contributed by atoms with Crippen LogP contribution < -0.4 is 0 Å². The summed E-state index contributed by atoms with van der Waals surface area (Å²) in [5.74, 6) is 0. The summed E-state index contributed by atoms with van der Waals surface area (Å²) in [6.07, 6.45) is -2.33. The van der Waals surface area contributed by atoms with Crippen LogP contribution in [-0.2, 0) is 0 Å². The smallest absolute Gasteiger partial charge is 0.248 e. The Morgan fingerprint density at radius 2 is 1.40 bits per heavy atom. The summed E-state index contributed by atoms with van der Waals surface area (Å²) < 4.78 is 19.8. The van der Waals surface area contributed by atoms with Crippen molar-refractivity contribution in [3.05, 3.63) is 0 Å². The Morgan fingerprint density at radius 3 is 1.40 bits per heavy atom. The van der Waals surface area contributed by atoms with Gasteiger partial charge in [-0.1, -0.05) is 0 Å². The van der Waals surface area contributed by atoms with Crippen molar-refractivity contribution in [1.82, 2.24) is 0 Å². The first-order chi connectivity index (χ1) is 1.73. The Kier molecular flexibility index (Phi) is 6.53. The summed E-state index contributed by atoms with van der Waals surface area (Å²) in [5, 5.41) is 5.17. The number of rotatable bonds is 0. The molecule has 0 aromatic carbocycles. The van der Waals surface area contributed by atoms with Crippen molar-refractivity contribution in [3.63, 3.8) is 0 Å². The topological polar surface area (TPSA) is 23.9 Å². The summed E-state index contributed by atoms with van der Waals surface area (Å²) in [6.45, 7) is 0. The van der Waals surface area contributed by atoms with E-state index in [2.05, 4.69) is 0 Å². The Labute approximate surface area is 31.7 Å². The fraction of sp³-hybridized carbons (Fsp3) is 0. The zero-order valence-electron chi connectivity index (χ0n) is 2.46. The molecular weight excluding hydrogens is 73.0 g/mol. The molecule has 0 aliphatic carbocycles. The number of halogens is 2. The quantitative estimate of drug-likeness (QED) is 0.319. The summed E-state index contributed by atoms with van der Waals surface area (Å²) in [6, 6.07) is 0. The summed E-state index contributed by atoms with van der Waals surface area (Å²) in [4.78, 5) is 0. The molecule has 0 aliphatic rings. The maximum Gasteiger partial charge on any atom is 0.357 e. The van der Waals surface area contributed by atoms with E-state index in [0.29, 0.717) is 0 Å². The van der Waals surface area contributed by atoms with Crippen LogP contribution in [0.1, 0.15) is 0 Å². The number of hydrogen-bond acceptors (Lipinski definition) is 1. The van der Waals surface area contributed by atoms with Crippen molar-refractivity contribution in [3.8, 4) is 0 Å². The first kappa shape index (κ1) is 8.83. The first-order valence-corrected chi connectivity index (χ1v) is 0.628. The van der Waals surface area contributed by atoms with Crippen LogP contribution in [-0.4, -0.2) is 16.3 Å². The van der Waals surface area contributed by atoms with Crippen molar-refractivity contribution in [1.29, 1.82) is 5.41 Å². The number of nitrogens with one attached hydrogen (secondary N) is 1. The molecular formula is CHBeF2N. The molecule has 26 valence electrons. The molecule has 0 aromatic rings. The van der Waals surface area contributed by atoms with Gasteiger partial charge in [0.1, 0.15) is 0 Å². The predicted molar refractivity (Wildman–Crippen MR) is 15.7 cm³/mol. The number of hydrogen-bond donors (Lipinski definition) is 1. The van der Waals surface area contributed by atoms with Gasteiger partial charge in [-0.05, 0) is 0 Å². The Hall–Kier alpha value is -0.301. The van der Waals surface area contributed by atoms with Gasteiger partial charge in [-0.15, -0.1) is 0 Å². The van der Waals surface area contributed by atoms with Gasteiger partial charge in [0.25, 0.3) is 0 Å². The molecule has 4 heteroatoms. The zero-order valence-corrected chi connectivity index (χ0v) is 2.46. The fourth-order valence-corrected chi connectivity index (χ4v) is 0. The van der Waals surface area contributed by atoms with E-state index in [-0.39, 0.29) is 10.1 Å². The Bertz CT molecular complexity index is 32.6. The Morgan fingerprint density at radius 1 is 1.40 bits per heavy atom. The van der Waals surface area contributed by atoms with Crippen molar-refractivity contribution in [2.24, 2.45) is 0 Å². The molecule has 0 rings (SSSR count). The molecule has 1 nitrogen and oxygen atoms in total. The molecule has 0 heterocycles. The molecule has 0 amide bonds. The summed E-state index contributed by atoms with van der Waals surface area (Å²) in [7, 11) is 0. The minimum Gasteiger partial charge on any atom is -0.248 e. The third-order valence-corrected chi connectivity index (χ3v) is 0. The molecule has 0 bridgehead atoms. The fourth-order valence-electron chi connectivity index (χ4n) is 0. The predicted octanol–water partition coefficient (Wildman–Crippen LogP) is 0.479. The van der Waals surface area contributed by atoms with Gasteiger partial charge in [-0.2, -0.15) is 8.78 Å². The van der Waals surface area contributed by atoms with E-state index in [4.69, 9.17) is 5.41 Å². The van der Waals surface area contributed by atoms with Crippen molar-refractivity contribution in [2.75, 3.05) is 0 Å². The molecule has 0 saturated carbocycles. The molecule has 5 heavy (non-hydrogen) atoms. The van der Waals surface area contributed by atoms with Crippen molar-refractivity contribution < 1.29 is 8.78 Å². The van der Waals surface area contributed by atoms with Gasteiger partial charge >= 0.3 is 6.22 Å². The van der Waals surface area contributed by atoms with E-state index < -0.39 is 6.22 Å². The maximum absolute atomic E-state index is 9.92.